The molecule has 4 aromatic carbocycles. The molecule has 0 radical (unpaired) electrons. The van der Waals surface area contributed by atoms with Crippen molar-refractivity contribution in [3.05, 3.63) is 142 Å². The summed E-state index contributed by atoms with van der Waals surface area (Å²) in [5.74, 6) is -2.09. The molecule has 1 saturated heterocycles. The van der Waals surface area contributed by atoms with Gasteiger partial charge in [0.25, 0.3) is 32.1 Å². The van der Waals surface area contributed by atoms with Crippen LogP contribution in [0.5, 0.6) is 0 Å². The highest BCUT2D eigenvalue weighted by Gasteiger charge is 2.44. The molecule has 0 unspecified atom stereocenters. The molecule has 2 fully saturated rings. The van der Waals surface area contributed by atoms with E-state index in [4.69, 9.17) is 0 Å². The summed E-state index contributed by atoms with van der Waals surface area (Å²) in [6, 6.07) is 23.9. The number of likely N-dealkylation sites (N-methyl/N-ethyl adjacent to an activating group) is 2. The van der Waals surface area contributed by atoms with E-state index in [0.717, 1.165) is 76.4 Å². The highest BCUT2D eigenvalue weighted by Crippen LogP contribution is 2.53. The lowest BCUT2D eigenvalue weighted by Crippen LogP contribution is -2.53. The van der Waals surface area contributed by atoms with Crippen molar-refractivity contribution in [1.82, 2.24) is 9.80 Å². The van der Waals surface area contributed by atoms with Crippen molar-refractivity contribution in [2.75, 3.05) is 48.5 Å². The number of anilines is 2. The van der Waals surface area contributed by atoms with Crippen molar-refractivity contribution in [3.8, 4) is 0 Å². The molecule has 8 rings (SSSR count). The molecule has 4 amide bonds. The van der Waals surface area contributed by atoms with Gasteiger partial charge in [-0.1, -0.05) is 113 Å². The average Bonchev–Trinajstić information content (AvgIpc) is 3.83. The number of carbonyl (C=O) groups excluding carboxylic acids is 3. The molecule has 3 heterocycles. The van der Waals surface area contributed by atoms with Gasteiger partial charge in [0, 0.05) is 60.2 Å². The molecule has 15 heteroatoms. The van der Waals surface area contributed by atoms with Crippen molar-refractivity contribution in [2.24, 2.45) is 0 Å². The zero-order valence-corrected chi connectivity index (χ0v) is 39.8. The second kappa shape index (κ2) is 17.4. The lowest BCUT2D eigenvalue weighted by atomic mass is 9.82. The third-order valence-electron chi connectivity index (χ3n) is 13.7. The number of amides is 4. The third-order valence-corrected chi connectivity index (χ3v) is 15.3. The summed E-state index contributed by atoms with van der Waals surface area (Å²) >= 11 is 0. The molecule has 0 aromatic heterocycles. The van der Waals surface area contributed by atoms with Crippen molar-refractivity contribution >= 4 is 71.0 Å². The summed E-state index contributed by atoms with van der Waals surface area (Å²) in [6.45, 7) is 9.48. The molecule has 0 bridgehead atoms. The van der Waals surface area contributed by atoms with E-state index in [2.05, 4.69) is 86.0 Å². The maximum absolute atomic E-state index is 14.2. The smallest absolute Gasteiger partial charge is 0.333 e. The monoisotopic (exact) mass is 932 g/mol. The molecule has 13 nitrogen and oxygen atoms in total. The van der Waals surface area contributed by atoms with Gasteiger partial charge in [0.05, 0.1) is 22.9 Å². The number of hydrogen-bond donors (Lipinski definition) is 2. The Hall–Kier alpha value is -5.87. The molecule has 0 atom stereocenters. The Labute approximate surface area is 386 Å². The van der Waals surface area contributed by atoms with Gasteiger partial charge in [0.2, 0.25) is 0 Å². The first-order valence-corrected chi connectivity index (χ1v) is 25.5. The zero-order chi connectivity index (χ0) is 47.5. The molecular formula is C51H56N4O9S2. The van der Waals surface area contributed by atoms with Gasteiger partial charge in [-0.2, -0.15) is 16.8 Å². The average molecular weight is 933 g/mol. The number of urea groups is 1. The van der Waals surface area contributed by atoms with Gasteiger partial charge >= 0.3 is 6.03 Å². The molecule has 4 aromatic rings. The highest BCUT2D eigenvalue weighted by atomic mass is 32.2. The minimum atomic E-state index is -4.14. The second-order valence-corrected chi connectivity index (χ2v) is 21.8. The molecular weight excluding hydrogens is 877 g/mol. The van der Waals surface area contributed by atoms with Crippen LogP contribution in [0.2, 0.25) is 0 Å². The van der Waals surface area contributed by atoms with E-state index in [1.165, 1.54) is 14.1 Å². The predicted octanol–water partition coefficient (Wildman–Crippen LogP) is 8.99. The van der Waals surface area contributed by atoms with E-state index in [0.29, 0.717) is 44.3 Å². The lowest BCUT2D eigenvalue weighted by Gasteiger charge is -2.30. The van der Waals surface area contributed by atoms with Crippen LogP contribution in [-0.4, -0.2) is 92.3 Å². The summed E-state index contributed by atoms with van der Waals surface area (Å²) in [7, 11) is -5.55. The van der Waals surface area contributed by atoms with Crippen LogP contribution >= 0.6 is 0 Å². The number of rotatable bonds is 12. The predicted molar refractivity (Wildman–Crippen MR) is 259 cm³/mol. The van der Waals surface area contributed by atoms with E-state index in [1.807, 2.05) is 48.6 Å². The lowest BCUT2D eigenvalue weighted by molar-refractivity contribution is -0.134. The van der Waals surface area contributed by atoms with E-state index < -0.39 is 48.9 Å². The van der Waals surface area contributed by atoms with Gasteiger partial charge in [-0.25, -0.2) is 4.79 Å². The Morgan fingerprint density at radius 2 is 0.939 bits per heavy atom. The summed E-state index contributed by atoms with van der Waals surface area (Å²) < 4.78 is 65.7. The quantitative estimate of drug-likeness (QED) is 0.0601. The number of nitrogens with zero attached hydrogens (tertiary/aromatic N) is 4. The molecule has 66 heavy (non-hydrogen) atoms. The topological polar surface area (TPSA) is 173 Å². The number of barbiturate groups is 1. The van der Waals surface area contributed by atoms with E-state index in [1.54, 1.807) is 0 Å². The van der Waals surface area contributed by atoms with Gasteiger partial charge in [-0.05, 0) is 89.3 Å². The van der Waals surface area contributed by atoms with E-state index in [-0.39, 0.29) is 29.9 Å². The second-order valence-electron chi connectivity index (χ2n) is 18.7. The van der Waals surface area contributed by atoms with Crippen LogP contribution in [0, 0.1) is 0 Å². The Morgan fingerprint density at radius 3 is 1.33 bits per heavy atom. The fourth-order valence-corrected chi connectivity index (χ4v) is 11.4. The van der Waals surface area contributed by atoms with Gasteiger partial charge in [-0.3, -0.25) is 28.5 Å². The highest BCUT2D eigenvalue weighted by molar-refractivity contribution is 7.86. The fraction of sp³-hybridized carbons (Fsp3) is 0.353. The Balaban J connectivity index is 1.26. The van der Waals surface area contributed by atoms with Crippen LogP contribution in [0.4, 0.5) is 16.2 Å². The molecule has 1 saturated carbocycles. The van der Waals surface area contributed by atoms with Gasteiger partial charge in [0.15, 0.2) is 0 Å². The van der Waals surface area contributed by atoms with Crippen LogP contribution < -0.4 is 9.80 Å². The third kappa shape index (κ3) is 8.53. The summed E-state index contributed by atoms with van der Waals surface area (Å²) in [4.78, 5) is 47.7. The number of allylic oxidation sites excluding steroid dienone is 9. The molecule has 2 N–H and O–H groups in total. The van der Waals surface area contributed by atoms with Crippen LogP contribution in [0.3, 0.4) is 0 Å². The van der Waals surface area contributed by atoms with E-state index >= 15 is 0 Å². The number of carbonyl (C=O) groups is 3. The minimum Gasteiger partial charge on any atom is -0.343 e. The Kier molecular flexibility index (Phi) is 12.3. The summed E-state index contributed by atoms with van der Waals surface area (Å²) in [5.41, 5.74) is 6.89. The summed E-state index contributed by atoms with van der Waals surface area (Å²) in [5, 5.41) is 4.19. The number of benzene rings is 4. The van der Waals surface area contributed by atoms with Crippen LogP contribution in [0.1, 0.15) is 77.3 Å². The largest absolute Gasteiger partial charge is 0.343 e. The normalized spacial score (nSPS) is 21.0. The van der Waals surface area contributed by atoms with Crippen LogP contribution in [0.25, 0.3) is 21.5 Å². The van der Waals surface area contributed by atoms with Crippen molar-refractivity contribution in [1.29, 1.82) is 0 Å². The Bertz CT molecular complexity index is 2900. The standard InChI is InChI=1S/C51H56N4O9S2/c1-50(2)39-25-21-33-15-7-9-17-37(33)45(39)54(29-11-13-31-65(59,60)61)41(50)27-23-35-19-20-36(43(35)44-47(56)52(5)49(58)53(6)48(44)57)24-28-42-51(3,4)40-26-22-34-16-8-10-18-38(34)46(40)55(42)30-12-14-32-66(62,63)64/h7-10,15-18,21-28H,11-14,19-20,29-32H2,1-6H3,(H,59,60,61)(H,62,63,64). The number of unbranched alkanes of at least 4 members (excludes halogenated alkanes) is 2. The SMILES string of the molecule is CN1C(=O)C(=C2C(=CC=C3N(CCCCS(=O)(=O)O)c4c(ccc5ccccc45)C3(C)C)CCC2=CC=C2N(CCCCS(=O)(=O)O)c3c(ccc4ccccc34)C2(C)C)C(=O)N(C)C1=O. The van der Waals surface area contributed by atoms with Gasteiger partial charge < -0.3 is 9.80 Å². The Morgan fingerprint density at radius 1 is 0.545 bits per heavy atom. The van der Waals surface area contributed by atoms with Crippen LogP contribution in [-0.2, 0) is 40.7 Å². The van der Waals surface area contributed by atoms with Crippen molar-refractivity contribution in [2.45, 2.75) is 77.0 Å². The zero-order valence-electron chi connectivity index (χ0n) is 38.2. The van der Waals surface area contributed by atoms with E-state index in [9.17, 15) is 40.3 Å². The molecule has 3 aliphatic heterocycles. The maximum Gasteiger partial charge on any atom is 0.333 e. The maximum atomic E-state index is 14.2. The van der Waals surface area contributed by atoms with Gasteiger partial charge in [-0.15, -0.1) is 0 Å². The van der Waals surface area contributed by atoms with Crippen molar-refractivity contribution < 1.29 is 40.3 Å². The number of hydrogen-bond acceptors (Lipinski definition) is 9. The molecule has 0 spiro atoms. The van der Waals surface area contributed by atoms with Gasteiger partial charge in [0.1, 0.15) is 5.57 Å². The molecule has 346 valence electrons. The number of imide groups is 2. The first-order valence-electron chi connectivity index (χ1n) is 22.3. The molecule has 1 aliphatic carbocycles. The summed E-state index contributed by atoms with van der Waals surface area (Å²) in [6.07, 6.45) is 10.4. The minimum absolute atomic E-state index is 0.101. The van der Waals surface area contributed by atoms with Crippen LogP contribution in [0.15, 0.2) is 131 Å². The first-order chi connectivity index (χ1) is 31.1. The van der Waals surface area contributed by atoms with Crippen molar-refractivity contribution in [3.63, 3.8) is 0 Å². The number of fused-ring (bicyclic) bond motifs is 6. The fourth-order valence-electron chi connectivity index (χ4n) is 10.2. The molecule has 4 aliphatic rings. The first kappa shape index (κ1) is 46.7.